The molecule has 0 amide bonds. The van der Waals surface area contributed by atoms with E-state index >= 15 is 0 Å². The number of primary sulfonamides is 1. The van der Waals surface area contributed by atoms with E-state index in [0.717, 1.165) is 11.1 Å². The van der Waals surface area contributed by atoms with Crippen LogP contribution in [-0.4, -0.2) is 30.5 Å². The minimum Gasteiger partial charge on any atom is -0.338 e. The number of aromatic nitrogens is 2. The molecule has 0 aliphatic heterocycles. The van der Waals surface area contributed by atoms with E-state index in [-0.39, 0.29) is 10.9 Å². The van der Waals surface area contributed by atoms with Crippen LogP contribution < -0.4 is 5.14 Å². The highest BCUT2D eigenvalue weighted by Crippen LogP contribution is 2.23. The van der Waals surface area contributed by atoms with Gasteiger partial charge in [0.1, 0.15) is 0 Å². The van der Waals surface area contributed by atoms with Gasteiger partial charge < -0.3 is 4.52 Å². The smallest absolute Gasteiger partial charge is 0.241 e. The summed E-state index contributed by atoms with van der Waals surface area (Å²) in [6.45, 7) is 2.45. The van der Waals surface area contributed by atoms with E-state index in [1.165, 1.54) is 12.1 Å². The molecule has 2 N–H and O–H groups in total. The Labute approximate surface area is 162 Å². The van der Waals surface area contributed by atoms with Crippen molar-refractivity contribution in [1.29, 1.82) is 0 Å². The van der Waals surface area contributed by atoms with Crippen LogP contribution in [-0.2, 0) is 16.6 Å². The quantitative estimate of drug-likeness (QED) is 0.674. The number of nitrogens with zero attached hydrogens (tertiary/aromatic N) is 3. The van der Waals surface area contributed by atoms with Gasteiger partial charge in [0.05, 0.1) is 11.4 Å². The minimum absolute atomic E-state index is 0.00501. The summed E-state index contributed by atoms with van der Waals surface area (Å²) < 4.78 is 28.1. The predicted octanol–water partition coefficient (Wildman–Crippen LogP) is 3.23. The van der Waals surface area contributed by atoms with Crippen LogP contribution in [0.3, 0.4) is 0 Å². The number of rotatable bonds is 6. The van der Waals surface area contributed by atoms with Gasteiger partial charge in [-0.3, -0.25) is 4.90 Å². The monoisotopic (exact) mass is 406 g/mol. The van der Waals surface area contributed by atoms with Crippen LogP contribution in [0.25, 0.3) is 11.4 Å². The van der Waals surface area contributed by atoms with Crippen LogP contribution in [0.5, 0.6) is 0 Å². The first-order chi connectivity index (χ1) is 12.7. The van der Waals surface area contributed by atoms with Crippen molar-refractivity contribution in [2.75, 3.05) is 7.05 Å². The summed E-state index contributed by atoms with van der Waals surface area (Å²) in [6, 6.07) is 13.7. The third-order valence-corrected chi connectivity index (χ3v) is 5.49. The first kappa shape index (κ1) is 19.5. The van der Waals surface area contributed by atoms with Gasteiger partial charge >= 0.3 is 0 Å². The van der Waals surface area contributed by atoms with E-state index < -0.39 is 10.0 Å². The van der Waals surface area contributed by atoms with E-state index in [4.69, 9.17) is 21.3 Å². The molecule has 0 saturated carbocycles. The zero-order valence-electron chi connectivity index (χ0n) is 14.8. The Kier molecular flexibility index (Phi) is 5.61. The molecule has 9 heteroatoms. The summed E-state index contributed by atoms with van der Waals surface area (Å²) in [5, 5.41) is 9.78. The van der Waals surface area contributed by atoms with Gasteiger partial charge in [-0.2, -0.15) is 4.98 Å². The third kappa shape index (κ3) is 4.72. The molecule has 0 fully saturated rings. The molecule has 1 atom stereocenters. The highest BCUT2D eigenvalue weighted by Gasteiger charge is 2.17. The van der Waals surface area contributed by atoms with Gasteiger partial charge in [0.15, 0.2) is 0 Å². The second-order valence-electron chi connectivity index (χ2n) is 6.22. The molecule has 0 aliphatic carbocycles. The van der Waals surface area contributed by atoms with Gasteiger partial charge in [0.2, 0.25) is 21.7 Å². The summed E-state index contributed by atoms with van der Waals surface area (Å²) in [5.41, 5.74) is 1.77. The minimum atomic E-state index is -3.70. The molecular weight excluding hydrogens is 388 g/mol. The van der Waals surface area contributed by atoms with Crippen molar-refractivity contribution >= 4 is 21.6 Å². The Morgan fingerprint density at radius 1 is 1.15 bits per heavy atom. The van der Waals surface area contributed by atoms with E-state index in [2.05, 4.69) is 10.1 Å². The number of benzene rings is 2. The Bertz CT molecular complexity index is 1020. The largest absolute Gasteiger partial charge is 0.338 e. The van der Waals surface area contributed by atoms with Crippen LogP contribution in [0.15, 0.2) is 57.9 Å². The lowest BCUT2D eigenvalue weighted by Gasteiger charge is -2.23. The maximum atomic E-state index is 11.4. The maximum Gasteiger partial charge on any atom is 0.241 e. The van der Waals surface area contributed by atoms with Crippen LogP contribution in [0.1, 0.15) is 24.4 Å². The molecule has 7 nitrogen and oxygen atoms in total. The topological polar surface area (TPSA) is 102 Å². The first-order valence-corrected chi connectivity index (χ1v) is 10.1. The fraction of sp³-hybridized carbons (Fsp3) is 0.222. The molecule has 0 aliphatic rings. The molecule has 2 aromatic carbocycles. The van der Waals surface area contributed by atoms with Crippen LogP contribution in [0, 0.1) is 0 Å². The molecule has 3 aromatic rings. The zero-order valence-corrected chi connectivity index (χ0v) is 16.4. The number of nitrogens with two attached hydrogens (primary N) is 1. The molecule has 3 rings (SSSR count). The average molecular weight is 407 g/mol. The van der Waals surface area contributed by atoms with Crippen molar-refractivity contribution in [1.82, 2.24) is 15.0 Å². The molecule has 1 heterocycles. The highest BCUT2D eigenvalue weighted by atomic mass is 35.5. The van der Waals surface area contributed by atoms with Crippen LogP contribution >= 0.6 is 11.6 Å². The van der Waals surface area contributed by atoms with E-state index in [1.54, 1.807) is 24.3 Å². The Balaban J connectivity index is 1.69. The second-order valence-corrected chi connectivity index (χ2v) is 8.22. The van der Waals surface area contributed by atoms with Gasteiger partial charge in [-0.05, 0) is 55.9 Å². The highest BCUT2D eigenvalue weighted by molar-refractivity contribution is 7.89. The zero-order chi connectivity index (χ0) is 19.6. The summed E-state index contributed by atoms with van der Waals surface area (Å²) in [5.74, 6) is 0.982. The maximum absolute atomic E-state index is 11.4. The molecule has 1 unspecified atom stereocenters. The van der Waals surface area contributed by atoms with E-state index in [0.29, 0.717) is 23.3 Å². The van der Waals surface area contributed by atoms with Crippen molar-refractivity contribution in [3.63, 3.8) is 0 Å². The Morgan fingerprint density at radius 2 is 1.78 bits per heavy atom. The first-order valence-electron chi connectivity index (χ1n) is 8.15. The molecular formula is C18H19ClN4O3S. The summed E-state index contributed by atoms with van der Waals surface area (Å²) in [6.07, 6.45) is 0. The summed E-state index contributed by atoms with van der Waals surface area (Å²) >= 11 is 5.89. The molecule has 142 valence electrons. The third-order valence-electron chi connectivity index (χ3n) is 4.31. The lowest BCUT2D eigenvalue weighted by Crippen LogP contribution is -2.22. The summed E-state index contributed by atoms with van der Waals surface area (Å²) in [4.78, 5) is 6.52. The molecule has 0 radical (unpaired) electrons. The van der Waals surface area contributed by atoms with Crippen molar-refractivity contribution < 1.29 is 12.9 Å². The van der Waals surface area contributed by atoms with Crippen LogP contribution in [0.4, 0.5) is 0 Å². The molecule has 1 aromatic heterocycles. The van der Waals surface area contributed by atoms with Crippen molar-refractivity contribution in [2.45, 2.75) is 24.4 Å². The number of halogens is 1. The number of sulfonamides is 1. The lowest BCUT2D eigenvalue weighted by molar-refractivity contribution is 0.216. The van der Waals surface area contributed by atoms with Gasteiger partial charge in [-0.1, -0.05) is 28.9 Å². The van der Waals surface area contributed by atoms with Crippen molar-refractivity contribution in [2.24, 2.45) is 5.14 Å². The molecule has 0 spiro atoms. The average Bonchev–Trinajstić information content (AvgIpc) is 3.09. The second kappa shape index (κ2) is 7.77. The SMILES string of the molecule is CC(c1ccc(S(N)(=O)=O)cc1)N(C)Cc1nc(-c2ccc(Cl)cc2)no1. The molecule has 0 saturated heterocycles. The standard InChI is InChI=1S/C18H19ClN4O3S/c1-12(13-5-9-16(10-6-13)27(20,24)25)23(2)11-17-21-18(22-26-17)14-3-7-15(19)8-4-14/h3-10,12H,11H2,1-2H3,(H2,20,24,25). The predicted molar refractivity (Wildman–Crippen MR) is 102 cm³/mol. The Morgan fingerprint density at radius 3 is 2.37 bits per heavy atom. The van der Waals surface area contributed by atoms with Crippen molar-refractivity contribution in [3.05, 3.63) is 65.0 Å². The summed E-state index contributed by atoms with van der Waals surface area (Å²) in [7, 11) is -1.77. The fourth-order valence-corrected chi connectivity index (χ4v) is 3.22. The van der Waals surface area contributed by atoms with Crippen molar-refractivity contribution in [3.8, 4) is 11.4 Å². The van der Waals surface area contributed by atoms with Gasteiger partial charge in [0.25, 0.3) is 0 Å². The number of hydrogen-bond acceptors (Lipinski definition) is 6. The molecule has 27 heavy (non-hydrogen) atoms. The lowest BCUT2D eigenvalue weighted by atomic mass is 10.1. The van der Waals surface area contributed by atoms with Crippen LogP contribution in [0.2, 0.25) is 5.02 Å². The Hall–Kier alpha value is -2.26. The van der Waals surface area contributed by atoms with Gasteiger partial charge in [-0.15, -0.1) is 0 Å². The number of hydrogen-bond donors (Lipinski definition) is 1. The van der Waals surface area contributed by atoms with E-state index in [1.807, 2.05) is 31.0 Å². The van der Waals surface area contributed by atoms with E-state index in [9.17, 15) is 8.42 Å². The fourth-order valence-electron chi connectivity index (χ4n) is 2.58. The van der Waals surface area contributed by atoms with Gasteiger partial charge in [0, 0.05) is 16.6 Å². The van der Waals surface area contributed by atoms with Gasteiger partial charge in [-0.25, -0.2) is 13.6 Å². The normalized spacial score (nSPS) is 13.1. The molecule has 0 bridgehead atoms.